The van der Waals surface area contributed by atoms with E-state index >= 15 is 0 Å². The first-order chi connectivity index (χ1) is 20.1. The van der Waals surface area contributed by atoms with Crippen LogP contribution in [-0.2, 0) is 20.0 Å². The van der Waals surface area contributed by atoms with Crippen LogP contribution in [-0.4, -0.2) is 82.8 Å². The molecule has 2 aliphatic heterocycles. The second-order valence-corrected chi connectivity index (χ2v) is 14.4. The summed E-state index contributed by atoms with van der Waals surface area (Å²) >= 11 is 12.1. The van der Waals surface area contributed by atoms with E-state index in [-0.39, 0.29) is 35.6 Å². The van der Waals surface area contributed by atoms with Crippen molar-refractivity contribution in [2.24, 2.45) is 10.1 Å². The third-order valence-corrected chi connectivity index (χ3v) is 10.6. The van der Waals surface area contributed by atoms with Gasteiger partial charge in [-0.2, -0.15) is 9.41 Å². The number of piperazine rings is 1. The van der Waals surface area contributed by atoms with Gasteiger partial charge in [0.25, 0.3) is 10.0 Å². The zero-order chi connectivity index (χ0) is 29.7. The molecule has 0 spiro atoms. The second-order valence-electron chi connectivity index (χ2n) is 9.77. The minimum Gasteiger partial charge on any atom is -0.314 e. The molecule has 3 aromatic carbocycles. The average Bonchev–Trinajstić information content (AvgIpc) is 3.44. The molecule has 14 heteroatoms. The number of guanidine groups is 1. The number of hydrogen-bond acceptors (Lipinski definition) is 7. The molecule has 2 aliphatic rings. The number of benzene rings is 3. The zero-order valence-electron chi connectivity index (χ0n) is 22.5. The van der Waals surface area contributed by atoms with Gasteiger partial charge in [0, 0.05) is 42.1 Å². The lowest BCUT2D eigenvalue weighted by Gasteiger charge is -2.26. The molecule has 10 nitrogen and oxygen atoms in total. The fourth-order valence-corrected chi connectivity index (χ4v) is 7.33. The molecule has 0 bridgehead atoms. The predicted octanol–water partition coefficient (Wildman–Crippen LogP) is 3.37. The van der Waals surface area contributed by atoms with E-state index in [1.54, 1.807) is 12.1 Å². The van der Waals surface area contributed by atoms with Crippen molar-refractivity contribution in [3.05, 3.63) is 100 Å². The number of aliphatic imine (C=N–C) groups is 1. The lowest BCUT2D eigenvalue weighted by molar-refractivity contribution is 0.360. The summed E-state index contributed by atoms with van der Waals surface area (Å²) < 4.78 is 56.7. The van der Waals surface area contributed by atoms with Crippen LogP contribution in [0.2, 0.25) is 10.0 Å². The molecule has 3 aromatic rings. The number of nitrogens with zero attached hydrogens (tertiary/aromatic N) is 4. The van der Waals surface area contributed by atoms with Gasteiger partial charge in [-0.05, 0) is 47.5 Å². The zero-order valence-corrected chi connectivity index (χ0v) is 25.7. The number of hydrogen-bond donors (Lipinski definition) is 2. The largest absolute Gasteiger partial charge is 0.314 e. The average molecular weight is 650 g/mol. The molecule has 0 unspecified atom stereocenters. The molecule has 1 fully saturated rings. The highest BCUT2D eigenvalue weighted by molar-refractivity contribution is 7.90. The Morgan fingerprint density at radius 2 is 1.52 bits per heavy atom. The van der Waals surface area contributed by atoms with E-state index in [2.05, 4.69) is 15.0 Å². The highest BCUT2D eigenvalue weighted by Crippen LogP contribution is 2.29. The molecule has 42 heavy (non-hydrogen) atoms. The smallest absolute Gasteiger partial charge is 0.264 e. The summed E-state index contributed by atoms with van der Waals surface area (Å²) in [6.45, 7) is 2.01. The van der Waals surface area contributed by atoms with Crippen LogP contribution in [0.3, 0.4) is 0 Å². The topological polar surface area (TPSA) is 124 Å². The first kappa shape index (κ1) is 30.5. The van der Waals surface area contributed by atoms with E-state index in [9.17, 15) is 16.8 Å². The second kappa shape index (κ2) is 13.1. The van der Waals surface area contributed by atoms with Gasteiger partial charge in [0.05, 0.1) is 29.4 Å². The number of halogens is 2. The van der Waals surface area contributed by atoms with E-state index in [1.165, 1.54) is 33.6 Å². The minimum atomic E-state index is -4.11. The van der Waals surface area contributed by atoms with Crippen molar-refractivity contribution in [3.8, 4) is 0 Å². The first-order valence-corrected chi connectivity index (χ1v) is 17.2. The third kappa shape index (κ3) is 7.31. The molecular weight excluding hydrogens is 619 g/mol. The van der Waals surface area contributed by atoms with Gasteiger partial charge in [0.2, 0.25) is 16.0 Å². The Hall–Kier alpha value is -3.00. The Morgan fingerprint density at radius 1 is 0.905 bits per heavy atom. The van der Waals surface area contributed by atoms with Crippen molar-refractivity contribution in [2.75, 3.05) is 45.0 Å². The maximum Gasteiger partial charge on any atom is 0.264 e. The van der Waals surface area contributed by atoms with Crippen LogP contribution < -0.4 is 10.0 Å². The molecule has 2 heterocycles. The van der Waals surface area contributed by atoms with Crippen LogP contribution in [0, 0.1) is 0 Å². The summed E-state index contributed by atoms with van der Waals surface area (Å²) in [5.74, 6) is -0.573. The van der Waals surface area contributed by atoms with E-state index in [1.807, 2.05) is 42.5 Å². The van der Waals surface area contributed by atoms with Crippen molar-refractivity contribution in [1.29, 1.82) is 0 Å². The van der Waals surface area contributed by atoms with Gasteiger partial charge in [-0.15, -0.1) is 0 Å². The summed E-state index contributed by atoms with van der Waals surface area (Å²) in [6.07, 6.45) is 0. The van der Waals surface area contributed by atoms with Gasteiger partial charge in [-0.25, -0.2) is 31.6 Å². The van der Waals surface area contributed by atoms with Crippen LogP contribution in [0.25, 0.3) is 0 Å². The quantitative estimate of drug-likeness (QED) is 0.285. The fourth-order valence-electron chi connectivity index (χ4n) is 4.74. The van der Waals surface area contributed by atoms with Crippen LogP contribution in [0.4, 0.5) is 0 Å². The van der Waals surface area contributed by atoms with E-state index in [4.69, 9.17) is 28.3 Å². The van der Waals surface area contributed by atoms with Crippen LogP contribution in [0.5, 0.6) is 0 Å². The number of nitrogens with one attached hydrogen (secondary N) is 2. The van der Waals surface area contributed by atoms with Gasteiger partial charge in [-0.3, -0.25) is 0 Å². The fraction of sp³-hybridized carbons (Fsp3) is 0.286. The third-order valence-electron chi connectivity index (χ3n) is 6.93. The van der Waals surface area contributed by atoms with E-state index in [0.717, 1.165) is 11.1 Å². The Balaban J connectivity index is 1.49. The Morgan fingerprint density at radius 3 is 2.17 bits per heavy atom. The van der Waals surface area contributed by atoms with Crippen molar-refractivity contribution >= 4 is 54.9 Å². The van der Waals surface area contributed by atoms with Gasteiger partial charge < -0.3 is 5.32 Å². The molecular formula is C28H30Cl2N6O4S2. The molecule has 0 radical (unpaired) electrons. The Labute approximate surface area is 256 Å². The number of sulfonamides is 2. The highest BCUT2D eigenvalue weighted by Gasteiger charge is 2.33. The van der Waals surface area contributed by atoms with Crippen LogP contribution in [0.15, 0.2) is 93.9 Å². The van der Waals surface area contributed by atoms with Gasteiger partial charge >= 0.3 is 0 Å². The van der Waals surface area contributed by atoms with Crippen molar-refractivity contribution in [3.63, 3.8) is 0 Å². The van der Waals surface area contributed by atoms with Crippen LogP contribution in [0.1, 0.15) is 17.0 Å². The summed E-state index contributed by atoms with van der Waals surface area (Å²) in [4.78, 5) is 4.44. The predicted molar refractivity (Wildman–Crippen MR) is 166 cm³/mol. The SMILES string of the molecule is O=S(=O)(NC(=NCCS(=O)(=O)N1CCNCC1)N1C[C@@H](c2ccccc2)C(c2ccc(Cl)cc2)=N1)c1ccc(Cl)cc1. The lowest BCUT2D eigenvalue weighted by atomic mass is 9.91. The maximum atomic E-state index is 13.4. The van der Waals surface area contributed by atoms with E-state index in [0.29, 0.717) is 41.9 Å². The van der Waals surface area contributed by atoms with Crippen molar-refractivity contribution in [1.82, 2.24) is 19.4 Å². The molecule has 0 amide bonds. The Kier molecular flexibility index (Phi) is 9.50. The van der Waals surface area contributed by atoms with Crippen molar-refractivity contribution in [2.45, 2.75) is 10.8 Å². The van der Waals surface area contributed by atoms with E-state index < -0.39 is 20.0 Å². The van der Waals surface area contributed by atoms with Gasteiger partial charge in [0.15, 0.2) is 0 Å². The summed E-state index contributed by atoms with van der Waals surface area (Å²) in [6, 6.07) is 22.7. The standard InChI is InChI=1S/C28H30Cl2N6O4S2/c29-23-8-6-22(7-9-23)27-26(21-4-2-1-3-5-21)20-36(33-27)28(34-42(39,40)25-12-10-24(30)11-13-25)32-16-19-41(37,38)35-17-14-31-15-18-35/h1-13,26,31H,14-20H2,(H,32,34)/t26-/m0/s1. The molecule has 1 atom stereocenters. The number of hydrazone groups is 1. The summed E-state index contributed by atoms with van der Waals surface area (Å²) in [5.41, 5.74) is 2.50. The molecule has 0 aliphatic carbocycles. The van der Waals surface area contributed by atoms with Gasteiger partial charge in [-0.1, -0.05) is 65.7 Å². The molecule has 0 saturated carbocycles. The molecule has 222 valence electrons. The molecule has 5 rings (SSSR count). The lowest BCUT2D eigenvalue weighted by Crippen LogP contribution is -2.47. The minimum absolute atomic E-state index is 0.0197. The van der Waals surface area contributed by atoms with Crippen LogP contribution >= 0.6 is 23.2 Å². The monoisotopic (exact) mass is 648 g/mol. The highest BCUT2D eigenvalue weighted by atomic mass is 35.5. The first-order valence-electron chi connectivity index (χ1n) is 13.3. The molecule has 2 N–H and O–H groups in total. The Bertz CT molecular complexity index is 1660. The summed E-state index contributed by atoms with van der Waals surface area (Å²) in [5, 5.41) is 10.4. The van der Waals surface area contributed by atoms with Crippen molar-refractivity contribution < 1.29 is 16.8 Å². The normalized spacial score (nSPS) is 18.6. The molecule has 1 saturated heterocycles. The molecule has 0 aromatic heterocycles. The van der Waals surface area contributed by atoms with Gasteiger partial charge in [0.1, 0.15) is 0 Å². The summed E-state index contributed by atoms with van der Waals surface area (Å²) in [7, 11) is -7.69. The number of rotatable bonds is 8. The maximum absolute atomic E-state index is 13.4.